The van der Waals surface area contributed by atoms with Crippen molar-refractivity contribution in [2.75, 3.05) is 26.9 Å². The number of ether oxygens (including phenoxy) is 2. The Balaban J connectivity index is 1.43. The van der Waals surface area contributed by atoms with Gasteiger partial charge < -0.3 is 14.8 Å². The monoisotopic (exact) mass is 415 g/mol. The Morgan fingerprint density at radius 1 is 0.903 bits per heavy atom. The summed E-state index contributed by atoms with van der Waals surface area (Å²) < 4.78 is 11.2. The molecule has 0 aliphatic carbocycles. The molecule has 3 aromatic rings. The van der Waals surface area contributed by atoms with E-state index in [1.54, 1.807) is 7.11 Å². The maximum Gasteiger partial charge on any atom is 0.224 e. The van der Waals surface area contributed by atoms with Gasteiger partial charge in [-0.05, 0) is 35.6 Å². The van der Waals surface area contributed by atoms with Crippen molar-refractivity contribution in [2.24, 2.45) is 0 Å². The summed E-state index contributed by atoms with van der Waals surface area (Å²) in [6.07, 6.45) is 2.09. The summed E-state index contributed by atoms with van der Waals surface area (Å²) in [7, 11) is 1.70. The number of carbonyl (C=O) groups is 1. The van der Waals surface area contributed by atoms with Gasteiger partial charge in [-0.15, -0.1) is 0 Å². The van der Waals surface area contributed by atoms with Gasteiger partial charge in [-0.25, -0.2) is 0 Å². The standard InChI is InChI=1S/C27H29NO3/c1-30-25-10-6-5-9-24(25)27(15-17-31-18-16-27)20-28-26(29)19-21-11-13-23(14-12-21)22-7-3-2-4-8-22/h2-14H,15-20H2,1H3,(H,28,29). The number of hydrogen-bond acceptors (Lipinski definition) is 3. The second kappa shape index (κ2) is 9.80. The number of carbonyl (C=O) groups excluding carboxylic acids is 1. The van der Waals surface area contributed by atoms with Crippen molar-refractivity contribution in [1.29, 1.82) is 0 Å². The van der Waals surface area contributed by atoms with Gasteiger partial charge in [0.05, 0.1) is 13.5 Å². The first kappa shape index (κ1) is 21.1. The van der Waals surface area contributed by atoms with Gasteiger partial charge in [0, 0.05) is 30.7 Å². The van der Waals surface area contributed by atoms with Crippen LogP contribution in [0.25, 0.3) is 11.1 Å². The average Bonchev–Trinajstić information content (AvgIpc) is 2.84. The molecule has 1 fully saturated rings. The van der Waals surface area contributed by atoms with Crippen molar-refractivity contribution in [3.63, 3.8) is 0 Å². The molecule has 0 unspecified atom stereocenters. The first-order chi connectivity index (χ1) is 15.2. The van der Waals surface area contributed by atoms with Gasteiger partial charge in [-0.2, -0.15) is 0 Å². The van der Waals surface area contributed by atoms with Gasteiger partial charge in [0.15, 0.2) is 0 Å². The number of nitrogens with one attached hydrogen (secondary N) is 1. The van der Waals surface area contributed by atoms with Crippen LogP contribution in [0, 0.1) is 0 Å². The van der Waals surface area contributed by atoms with E-state index in [1.807, 2.05) is 48.5 Å². The highest BCUT2D eigenvalue weighted by Crippen LogP contribution is 2.39. The van der Waals surface area contributed by atoms with Crippen molar-refractivity contribution in [1.82, 2.24) is 5.32 Å². The lowest BCUT2D eigenvalue weighted by Crippen LogP contribution is -2.45. The minimum absolute atomic E-state index is 0.0354. The summed E-state index contributed by atoms with van der Waals surface area (Å²) in [5.41, 5.74) is 4.32. The molecule has 1 saturated heterocycles. The number of hydrogen-bond donors (Lipinski definition) is 1. The van der Waals surface area contributed by atoms with Crippen molar-refractivity contribution in [2.45, 2.75) is 24.7 Å². The fourth-order valence-corrected chi connectivity index (χ4v) is 4.35. The van der Waals surface area contributed by atoms with E-state index in [2.05, 4.69) is 35.6 Å². The first-order valence-electron chi connectivity index (χ1n) is 10.8. The Bertz CT molecular complexity index is 993. The van der Waals surface area contributed by atoms with Gasteiger partial charge in [0.2, 0.25) is 5.91 Å². The van der Waals surface area contributed by atoms with E-state index in [4.69, 9.17) is 9.47 Å². The zero-order valence-electron chi connectivity index (χ0n) is 18.0. The third kappa shape index (κ3) is 4.97. The second-order valence-corrected chi connectivity index (χ2v) is 8.11. The number of rotatable bonds is 7. The maximum atomic E-state index is 12.8. The highest BCUT2D eigenvalue weighted by molar-refractivity contribution is 5.79. The Hall–Kier alpha value is -3.11. The lowest BCUT2D eigenvalue weighted by molar-refractivity contribution is -0.121. The molecule has 1 aliphatic heterocycles. The largest absolute Gasteiger partial charge is 0.496 e. The molecule has 3 aromatic carbocycles. The van der Waals surface area contributed by atoms with Crippen LogP contribution >= 0.6 is 0 Å². The molecule has 1 amide bonds. The van der Waals surface area contributed by atoms with Crippen LogP contribution in [0.4, 0.5) is 0 Å². The normalized spacial score (nSPS) is 15.3. The van der Waals surface area contributed by atoms with Crippen LogP contribution in [0.2, 0.25) is 0 Å². The van der Waals surface area contributed by atoms with E-state index >= 15 is 0 Å². The highest BCUT2D eigenvalue weighted by atomic mass is 16.5. The number of amides is 1. The van der Waals surface area contributed by atoms with Gasteiger partial charge in [0.1, 0.15) is 5.75 Å². The smallest absolute Gasteiger partial charge is 0.224 e. The summed E-state index contributed by atoms with van der Waals surface area (Å²) in [6, 6.07) is 26.6. The summed E-state index contributed by atoms with van der Waals surface area (Å²) >= 11 is 0. The van der Waals surface area contributed by atoms with E-state index in [9.17, 15) is 4.79 Å². The lowest BCUT2D eigenvalue weighted by Gasteiger charge is -2.38. The van der Waals surface area contributed by atoms with Crippen molar-refractivity contribution >= 4 is 5.91 Å². The zero-order chi connectivity index (χ0) is 21.5. The molecular formula is C27H29NO3. The van der Waals surface area contributed by atoms with Crippen molar-refractivity contribution in [3.8, 4) is 16.9 Å². The average molecular weight is 416 g/mol. The lowest BCUT2D eigenvalue weighted by atomic mass is 9.73. The van der Waals surface area contributed by atoms with E-state index < -0.39 is 0 Å². The van der Waals surface area contributed by atoms with E-state index in [1.165, 1.54) is 5.56 Å². The maximum absolute atomic E-state index is 12.8. The van der Waals surface area contributed by atoms with Crippen molar-refractivity contribution < 1.29 is 14.3 Å². The number of methoxy groups -OCH3 is 1. The molecule has 1 aliphatic rings. The molecule has 0 saturated carbocycles. The summed E-state index contributed by atoms with van der Waals surface area (Å²) in [4.78, 5) is 12.8. The minimum Gasteiger partial charge on any atom is -0.496 e. The van der Waals surface area contributed by atoms with Gasteiger partial charge in [-0.3, -0.25) is 4.79 Å². The molecule has 0 aromatic heterocycles. The number of para-hydroxylation sites is 1. The second-order valence-electron chi connectivity index (χ2n) is 8.11. The van der Waals surface area contributed by atoms with Gasteiger partial charge in [-0.1, -0.05) is 72.8 Å². The Morgan fingerprint density at radius 2 is 1.55 bits per heavy atom. The van der Waals surface area contributed by atoms with Crippen LogP contribution in [-0.4, -0.2) is 32.8 Å². The summed E-state index contributed by atoms with van der Waals surface area (Å²) in [5.74, 6) is 0.906. The molecule has 0 atom stereocenters. The molecular weight excluding hydrogens is 386 g/mol. The molecule has 1 N–H and O–H groups in total. The Kier molecular flexibility index (Phi) is 6.68. The van der Waals surface area contributed by atoms with E-state index in [-0.39, 0.29) is 11.3 Å². The zero-order valence-corrected chi connectivity index (χ0v) is 18.0. The van der Waals surface area contributed by atoms with Crippen LogP contribution < -0.4 is 10.1 Å². The Morgan fingerprint density at radius 3 is 2.26 bits per heavy atom. The van der Waals surface area contributed by atoms with E-state index in [0.29, 0.717) is 26.2 Å². The van der Waals surface area contributed by atoms with Crippen LogP contribution in [0.15, 0.2) is 78.9 Å². The molecule has 4 heteroatoms. The predicted molar refractivity (Wildman–Crippen MR) is 123 cm³/mol. The quantitative estimate of drug-likeness (QED) is 0.605. The third-order valence-electron chi connectivity index (χ3n) is 6.18. The van der Waals surface area contributed by atoms with Crippen LogP contribution in [0.5, 0.6) is 5.75 Å². The number of benzene rings is 3. The molecule has 4 nitrogen and oxygen atoms in total. The molecule has 0 spiro atoms. The van der Waals surface area contributed by atoms with Crippen LogP contribution in [0.1, 0.15) is 24.0 Å². The molecule has 4 rings (SSSR count). The fourth-order valence-electron chi connectivity index (χ4n) is 4.35. The van der Waals surface area contributed by atoms with Gasteiger partial charge >= 0.3 is 0 Å². The summed E-state index contributed by atoms with van der Waals surface area (Å²) in [5, 5.41) is 3.19. The fraction of sp³-hybridized carbons (Fsp3) is 0.296. The van der Waals surface area contributed by atoms with E-state index in [0.717, 1.165) is 35.3 Å². The van der Waals surface area contributed by atoms with Crippen LogP contribution in [0.3, 0.4) is 0 Å². The third-order valence-corrected chi connectivity index (χ3v) is 6.18. The first-order valence-corrected chi connectivity index (χ1v) is 10.8. The molecule has 0 radical (unpaired) electrons. The SMILES string of the molecule is COc1ccccc1C1(CNC(=O)Cc2ccc(-c3ccccc3)cc2)CCOCC1. The minimum atomic E-state index is -0.169. The molecule has 1 heterocycles. The molecule has 160 valence electrons. The van der Waals surface area contributed by atoms with Gasteiger partial charge in [0.25, 0.3) is 0 Å². The Labute approximate surface area is 184 Å². The van der Waals surface area contributed by atoms with Crippen LogP contribution in [-0.2, 0) is 21.4 Å². The summed E-state index contributed by atoms with van der Waals surface area (Å²) in [6.45, 7) is 1.96. The topological polar surface area (TPSA) is 47.6 Å². The molecule has 0 bridgehead atoms. The predicted octanol–water partition coefficient (Wildman–Crippen LogP) is 4.77. The highest BCUT2D eigenvalue weighted by Gasteiger charge is 2.37. The molecule has 31 heavy (non-hydrogen) atoms. The van der Waals surface area contributed by atoms with Crippen molar-refractivity contribution in [3.05, 3.63) is 90.0 Å².